The Kier molecular flexibility index (Phi) is 7.29. The third-order valence-electron chi connectivity index (χ3n) is 6.08. The second-order valence-corrected chi connectivity index (χ2v) is 8.66. The summed E-state index contributed by atoms with van der Waals surface area (Å²) in [6.07, 6.45) is 1.69. The standard InChI is InChI=1S/C27H29N3O5/c1-17-23(15-16-24(31)34-3)18(2)30(29-17)22-13-9-20(10-14-22)27(33)35-25(19-7-5-4-6-8-19)26(32)28-21-11-12-21/h4-10,13-14,21,25H,11-12,15-16H2,1-3H3,(H,28,32). The Bertz CT molecular complexity index is 1210. The highest BCUT2D eigenvalue weighted by atomic mass is 16.5. The molecule has 1 atom stereocenters. The van der Waals surface area contributed by atoms with Crippen molar-refractivity contribution in [3.05, 3.63) is 82.7 Å². The number of aryl methyl sites for hydroxylation is 1. The fraction of sp³-hybridized carbons (Fsp3) is 0.333. The molecule has 0 saturated heterocycles. The summed E-state index contributed by atoms with van der Waals surface area (Å²) < 4.78 is 12.2. The number of amides is 1. The zero-order valence-corrected chi connectivity index (χ0v) is 20.1. The number of nitrogens with one attached hydrogen (secondary N) is 1. The highest BCUT2D eigenvalue weighted by Crippen LogP contribution is 2.25. The molecule has 1 N–H and O–H groups in total. The van der Waals surface area contributed by atoms with Crippen LogP contribution < -0.4 is 5.32 Å². The number of ether oxygens (including phenoxy) is 2. The number of carbonyl (C=O) groups is 3. The monoisotopic (exact) mass is 475 g/mol. The lowest BCUT2D eigenvalue weighted by molar-refractivity contribution is -0.140. The van der Waals surface area contributed by atoms with E-state index in [-0.39, 0.29) is 24.3 Å². The molecular formula is C27H29N3O5. The molecule has 0 radical (unpaired) electrons. The van der Waals surface area contributed by atoms with E-state index in [9.17, 15) is 14.4 Å². The number of hydrogen-bond acceptors (Lipinski definition) is 6. The van der Waals surface area contributed by atoms with Crippen LogP contribution in [-0.2, 0) is 25.5 Å². The van der Waals surface area contributed by atoms with Crippen LogP contribution in [0.25, 0.3) is 5.69 Å². The molecule has 2 aromatic carbocycles. The average Bonchev–Trinajstić information content (AvgIpc) is 3.64. The van der Waals surface area contributed by atoms with Gasteiger partial charge >= 0.3 is 11.9 Å². The van der Waals surface area contributed by atoms with E-state index in [1.54, 1.807) is 41.1 Å². The minimum absolute atomic E-state index is 0.157. The predicted octanol–water partition coefficient (Wildman–Crippen LogP) is 3.77. The summed E-state index contributed by atoms with van der Waals surface area (Å²) in [6.45, 7) is 3.84. The van der Waals surface area contributed by atoms with Crippen molar-refractivity contribution in [2.75, 3.05) is 7.11 Å². The van der Waals surface area contributed by atoms with E-state index in [4.69, 9.17) is 9.47 Å². The molecule has 8 nitrogen and oxygen atoms in total. The van der Waals surface area contributed by atoms with Gasteiger partial charge in [-0.1, -0.05) is 30.3 Å². The predicted molar refractivity (Wildman–Crippen MR) is 129 cm³/mol. The van der Waals surface area contributed by atoms with E-state index in [1.165, 1.54) is 7.11 Å². The quantitative estimate of drug-likeness (QED) is 0.473. The second kappa shape index (κ2) is 10.5. The molecular weight excluding hydrogens is 446 g/mol. The number of esters is 2. The van der Waals surface area contributed by atoms with Crippen molar-refractivity contribution < 1.29 is 23.9 Å². The third-order valence-corrected chi connectivity index (χ3v) is 6.08. The number of methoxy groups -OCH3 is 1. The van der Waals surface area contributed by atoms with Crippen LogP contribution in [0.2, 0.25) is 0 Å². The van der Waals surface area contributed by atoms with Crippen molar-refractivity contribution in [3.8, 4) is 5.69 Å². The molecule has 1 fully saturated rings. The van der Waals surface area contributed by atoms with Crippen LogP contribution in [0.1, 0.15) is 58.2 Å². The lowest BCUT2D eigenvalue weighted by Crippen LogP contribution is -2.33. The Morgan fingerprint density at radius 3 is 2.37 bits per heavy atom. The van der Waals surface area contributed by atoms with Gasteiger partial charge in [0.15, 0.2) is 0 Å². The molecule has 8 heteroatoms. The van der Waals surface area contributed by atoms with Crippen molar-refractivity contribution >= 4 is 17.8 Å². The first kappa shape index (κ1) is 24.2. The van der Waals surface area contributed by atoms with Crippen molar-refractivity contribution in [2.45, 2.75) is 51.7 Å². The van der Waals surface area contributed by atoms with Gasteiger partial charge in [0, 0.05) is 23.7 Å². The van der Waals surface area contributed by atoms with Crippen LogP contribution in [0.5, 0.6) is 0 Å². The maximum atomic E-state index is 12.9. The summed E-state index contributed by atoms with van der Waals surface area (Å²) in [7, 11) is 1.37. The Labute approximate surface area is 204 Å². The van der Waals surface area contributed by atoms with Crippen LogP contribution in [0.4, 0.5) is 0 Å². The van der Waals surface area contributed by atoms with E-state index in [0.29, 0.717) is 17.5 Å². The molecule has 1 unspecified atom stereocenters. The zero-order chi connectivity index (χ0) is 24.9. The van der Waals surface area contributed by atoms with E-state index in [1.807, 2.05) is 32.0 Å². The lowest BCUT2D eigenvalue weighted by Gasteiger charge is -2.18. The molecule has 35 heavy (non-hydrogen) atoms. The number of rotatable bonds is 9. The van der Waals surface area contributed by atoms with E-state index >= 15 is 0 Å². The van der Waals surface area contributed by atoms with Gasteiger partial charge in [0.25, 0.3) is 5.91 Å². The van der Waals surface area contributed by atoms with E-state index < -0.39 is 12.1 Å². The van der Waals surface area contributed by atoms with Crippen LogP contribution in [0, 0.1) is 13.8 Å². The summed E-state index contributed by atoms with van der Waals surface area (Å²) in [6, 6.07) is 16.0. The van der Waals surface area contributed by atoms with Crippen LogP contribution >= 0.6 is 0 Å². The molecule has 3 aromatic rings. The van der Waals surface area contributed by atoms with Crippen molar-refractivity contribution in [2.24, 2.45) is 0 Å². The fourth-order valence-electron chi connectivity index (χ4n) is 3.94. The molecule has 1 saturated carbocycles. The minimum atomic E-state index is -1.02. The Morgan fingerprint density at radius 1 is 1.06 bits per heavy atom. The largest absolute Gasteiger partial charge is 0.469 e. The summed E-state index contributed by atoms with van der Waals surface area (Å²) in [5.41, 5.74) is 4.48. The molecule has 0 spiro atoms. The molecule has 182 valence electrons. The fourth-order valence-corrected chi connectivity index (χ4v) is 3.94. The number of carbonyl (C=O) groups excluding carboxylic acids is 3. The smallest absolute Gasteiger partial charge is 0.339 e. The van der Waals surface area contributed by atoms with Gasteiger partial charge in [-0.05, 0) is 62.9 Å². The van der Waals surface area contributed by atoms with Gasteiger partial charge in [-0.3, -0.25) is 9.59 Å². The normalized spacial score (nSPS) is 13.7. The van der Waals surface area contributed by atoms with Gasteiger partial charge in [-0.2, -0.15) is 5.10 Å². The topological polar surface area (TPSA) is 99.5 Å². The molecule has 4 rings (SSSR count). The molecule has 1 aliphatic rings. The molecule has 1 heterocycles. The maximum absolute atomic E-state index is 12.9. The van der Waals surface area contributed by atoms with E-state index in [0.717, 1.165) is 35.5 Å². The summed E-state index contributed by atoms with van der Waals surface area (Å²) in [5, 5.41) is 7.52. The van der Waals surface area contributed by atoms with Gasteiger partial charge < -0.3 is 14.8 Å². The number of nitrogens with zero attached hydrogens (tertiary/aromatic N) is 2. The van der Waals surface area contributed by atoms with Gasteiger partial charge in [0.05, 0.1) is 24.1 Å². The average molecular weight is 476 g/mol. The highest BCUT2D eigenvalue weighted by molar-refractivity contribution is 5.93. The van der Waals surface area contributed by atoms with Crippen LogP contribution in [-0.4, -0.2) is 40.8 Å². The summed E-state index contributed by atoms with van der Waals surface area (Å²) in [4.78, 5) is 37.2. The lowest BCUT2D eigenvalue weighted by atomic mass is 10.1. The first-order valence-corrected chi connectivity index (χ1v) is 11.7. The molecule has 0 aliphatic heterocycles. The van der Waals surface area contributed by atoms with E-state index in [2.05, 4.69) is 10.4 Å². The summed E-state index contributed by atoms with van der Waals surface area (Å²) in [5.74, 6) is -1.16. The number of hydrogen-bond donors (Lipinski definition) is 1. The molecule has 1 aliphatic carbocycles. The van der Waals surface area contributed by atoms with Gasteiger partial charge in [-0.15, -0.1) is 0 Å². The molecule has 1 aromatic heterocycles. The van der Waals surface area contributed by atoms with Gasteiger partial charge in [0.2, 0.25) is 6.10 Å². The van der Waals surface area contributed by atoms with Crippen molar-refractivity contribution in [3.63, 3.8) is 0 Å². The van der Waals surface area contributed by atoms with Crippen LogP contribution in [0.3, 0.4) is 0 Å². The molecule has 1 amide bonds. The third kappa shape index (κ3) is 5.77. The zero-order valence-electron chi connectivity index (χ0n) is 20.1. The Morgan fingerprint density at radius 2 is 1.74 bits per heavy atom. The SMILES string of the molecule is COC(=O)CCc1c(C)nn(-c2ccc(C(=O)OC(C(=O)NC3CC3)c3ccccc3)cc2)c1C. The minimum Gasteiger partial charge on any atom is -0.469 e. The number of benzene rings is 2. The van der Waals surface area contributed by atoms with Crippen molar-refractivity contribution in [1.29, 1.82) is 0 Å². The Balaban J connectivity index is 1.49. The van der Waals surface area contributed by atoms with Gasteiger partial charge in [0.1, 0.15) is 0 Å². The van der Waals surface area contributed by atoms with Crippen LogP contribution in [0.15, 0.2) is 54.6 Å². The summed E-state index contributed by atoms with van der Waals surface area (Å²) >= 11 is 0. The first-order chi connectivity index (χ1) is 16.9. The molecule has 0 bridgehead atoms. The van der Waals surface area contributed by atoms with Crippen molar-refractivity contribution in [1.82, 2.24) is 15.1 Å². The maximum Gasteiger partial charge on any atom is 0.339 e. The first-order valence-electron chi connectivity index (χ1n) is 11.7. The second-order valence-electron chi connectivity index (χ2n) is 8.66. The highest BCUT2D eigenvalue weighted by Gasteiger charge is 2.31. The van der Waals surface area contributed by atoms with Gasteiger partial charge in [-0.25, -0.2) is 9.48 Å². The Hall–Kier alpha value is -3.94. The number of aromatic nitrogens is 2.